The molecular formula is C15H13F4NO. The number of alkyl halides is 3. The molecule has 2 N–H and O–H groups in total. The van der Waals surface area contributed by atoms with E-state index in [1.165, 1.54) is 36.4 Å². The summed E-state index contributed by atoms with van der Waals surface area (Å²) in [4.78, 5) is 0. The van der Waals surface area contributed by atoms with Gasteiger partial charge < -0.3 is 10.5 Å². The lowest BCUT2D eigenvalue weighted by Crippen LogP contribution is -2.17. The zero-order valence-corrected chi connectivity index (χ0v) is 10.9. The molecule has 0 aliphatic rings. The van der Waals surface area contributed by atoms with Crippen molar-refractivity contribution < 1.29 is 22.3 Å². The summed E-state index contributed by atoms with van der Waals surface area (Å²) in [5, 5.41) is 0. The van der Waals surface area contributed by atoms with Gasteiger partial charge in [0.1, 0.15) is 11.6 Å². The van der Waals surface area contributed by atoms with E-state index in [2.05, 4.69) is 4.74 Å². The number of hydrogen-bond donors (Lipinski definition) is 1. The topological polar surface area (TPSA) is 35.2 Å². The van der Waals surface area contributed by atoms with Crippen LogP contribution in [0.1, 0.15) is 17.2 Å². The third-order valence-electron chi connectivity index (χ3n) is 2.91. The highest BCUT2D eigenvalue weighted by atomic mass is 19.4. The molecule has 1 unspecified atom stereocenters. The van der Waals surface area contributed by atoms with Gasteiger partial charge in [0.2, 0.25) is 0 Å². The van der Waals surface area contributed by atoms with Gasteiger partial charge in [-0.15, -0.1) is 13.2 Å². The van der Waals surface area contributed by atoms with E-state index in [1.54, 1.807) is 12.1 Å². The molecule has 6 heteroatoms. The van der Waals surface area contributed by atoms with Crippen LogP contribution in [0.2, 0.25) is 0 Å². The quantitative estimate of drug-likeness (QED) is 0.867. The SMILES string of the molecule is NC(Cc1ccc(F)cc1)c1ccc(OC(F)(F)F)cc1. The molecule has 1 atom stereocenters. The second-order valence-corrected chi connectivity index (χ2v) is 4.55. The molecule has 0 aliphatic carbocycles. The predicted molar refractivity (Wildman–Crippen MR) is 70.2 cm³/mol. The Labute approximate surface area is 119 Å². The summed E-state index contributed by atoms with van der Waals surface area (Å²) in [6, 6.07) is 10.9. The highest BCUT2D eigenvalue weighted by Crippen LogP contribution is 2.24. The van der Waals surface area contributed by atoms with Crippen LogP contribution in [0.4, 0.5) is 17.6 Å². The van der Waals surface area contributed by atoms with E-state index in [0.717, 1.165) is 5.56 Å². The Hall–Kier alpha value is -2.08. The van der Waals surface area contributed by atoms with Gasteiger partial charge in [0.05, 0.1) is 0 Å². The highest BCUT2D eigenvalue weighted by Gasteiger charge is 2.31. The summed E-state index contributed by atoms with van der Waals surface area (Å²) in [6.07, 6.45) is -4.25. The van der Waals surface area contributed by atoms with Gasteiger partial charge in [0.15, 0.2) is 0 Å². The molecule has 2 nitrogen and oxygen atoms in total. The number of hydrogen-bond acceptors (Lipinski definition) is 2. The van der Waals surface area contributed by atoms with Gasteiger partial charge in [0.25, 0.3) is 0 Å². The van der Waals surface area contributed by atoms with Crippen molar-refractivity contribution in [2.75, 3.05) is 0 Å². The van der Waals surface area contributed by atoms with Crippen molar-refractivity contribution in [3.05, 3.63) is 65.5 Å². The van der Waals surface area contributed by atoms with Crippen molar-refractivity contribution in [3.8, 4) is 5.75 Å². The van der Waals surface area contributed by atoms with Crippen LogP contribution >= 0.6 is 0 Å². The highest BCUT2D eigenvalue weighted by molar-refractivity contribution is 5.30. The van der Waals surface area contributed by atoms with Crippen molar-refractivity contribution in [1.29, 1.82) is 0 Å². The average molecular weight is 299 g/mol. The summed E-state index contributed by atoms with van der Waals surface area (Å²) < 4.78 is 52.7. The zero-order valence-electron chi connectivity index (χ0n) is 10.9. The first-order valence-corrected chi connectivity index (χ1v) is 6.19. The van der Waals surface area contributed by atoms with E-state index < -0.39 is 12.4 Å². The molecule has 0 saturated carbocycles. The van der Waals surface area contributed by atoms with E-state index in [9.17, 15) is 17.6 Å². The van der Waals surface area contributed by atoms with Crippen molar-refractivity contribution >= 4 is 0 Å². The second-order valence-electron chi connectivity index (χ2n) is 4.55. The Kier molecular flexibility index (Phi) is 4.47. The first-order valence-electron chi connectivity index (χ1n) is 6.19. The maximum absolute atomic E-state index is 12.8. The minimum absolute atomic E-state index is 0.291. The van der Waals surface area contributed by atoms with E-state index in [-0.39, 0.29) is 11.6 Å². The molecule has 0 aromatic heterocycles. The first kappa shape index (κ1) is 15.3. The summed E-state index contributed by atoms with van der Waals surface area (Å²) in [5.41, 5.74) is 7.51. The molecule has 0 aliphatic heterocycles. The maximum atomic E-state index is 12.8. The lowest BCUT2D eigenvalue weighted by atomic mass is 10.00. The van der Waals surface area contributed by atoms with E-state index in [1.807, 2.05) is 0 Å². The summed E-state index contributed by atoms with van der Waals surface area (Å²) in [5.74, 6) is -0.624. The number of halogens is 4. The van der Waals surface area contributed by atoms with Crippen LogP contribution in [0.3, 0.4) is 0 Å². The van der Waals surface area contributed by atoms with Gasteiger partial charge >= 0.3 is 6.36 Å². The predicted octanol–water partition coefficient (Wildman–Crippen LogP) is 3.97. The third-order valence-corrected chi connectivity index (χ3v) is 2.91. The van der Waals surface area contributed by atoms with Crippen LogP contribution in [0.15, 0.2) is 48.5 Å². The fourth-order valence-electron chi connectivity index (χ4n) is 1.91. The second kappa shape index (κ2) is 6.13. The molecule has 112 valence electrons. The Balaban J connectivity index is 2.02. The Morgan fingerprint density at radius 1 is 0.952 bits per heavy atom. The van der Waals surface area contributed by atoms with Crippen LogP contribution in [0.25, 0.3) is 0 Å². The maximum Gasteiger partial charge on any atom is 0.573 e. The lowest BCUT2D eigenvalue weighted by Gasteiger charge is -2.14. The lowest BCUT2D eigenvalue weighted by molar-refractivity contribution is -0.274. The molecule has 0 radical (unpaired) electrons. The van der Waals surface area contributed by atoms with Crippen molar-refractivity contribution in [3.63, 3.8) is 0 Å². The smallest absolute Gasteiger partial charge is 0.406 e. The van der Waals surface area contributed by atoms with Crippen LogP contribution in [-0.2, 0) is 6.42 Å². The third kappa shape index (κ3) is 4.75. The van der Waals surface area contributed by atoms with Crippen LogP contribution < -0.4 is 10.5 Å². The van der Waals surface area contributed by atoms with Crippen LogP contribution in [0.5, 0.6) is 5.75 Å². The van der Waals surface area contributed by atoms with Crippen molar-refractivity contribution in [1.82, 2.24) is 0 Å². The van der Waals surface area contributed by atoms with Gasteiger partial charge in [-0.2, -0.15) is 0 Å². The first-order chi connectivity index (χ1) is 9.83. The van der Waals surface area contributed by atoms with E-state index in [4.69, 9.17) is 5.73 Å². The molecule has 0 bridgehead atoms. The number of ether oxygens (including phenoxy) is 1. The van der Waals surface area contributed by atoms with Crippen molar-refractivity contribution in [2.24, 2.45) is 5.73 Å². The Bertz CT molecular complexity index is 578. The molecule has 0 amide bonds. The fraction of sp³-hybridized carbons (Fsp3) is 0.200. The summed E-state index contributed by atoms with van der Waals surface area (Å²) in [7, 11) is 0. The van der Waals surface area contributed by atoms with Crippen molar-refractivity contribution in [2.45, 2.75) is 18.8 Å². The van der Waals surface area contributed by atoms with E-state index >= 15 is 0 Å². The van der Waals surface area contributed by atoms with E-state index in [0.29, 0.717) is 12.0 Å². The Morgan fingerprint density at radius 3 is 2.05 bits per heavy atom. The van der Waals surface area contributed by atoms with Gasteiger partial charge in [-0.3, -0.25) is 0 Å². The number of nitrogens with two attached hydrogens (primary N) is 1. The number of benzene rings is 2. The summed E-state index contributed by atoms with van der Waals surface area (Å²) in [6.45, 7) is 0. The summed E-state index contributed by atoms with van der Waals surface area (Å²) >= 11 is 0. The largest absolute Gasteiger partial charge is 0.573 e. The van der Waals surface area contributed by atoms with Crippen LogP contribution in [0, 0.1) is 5.82 Å². The molecule has 2 rings (SSSR count). The molecule has 21 heavy (non-hydrogen) atoms. The number of rotatable bonds is 4. The normalized spacial score (nSPS) is 13.0. The van der Waals surface area contributed by atoms with Gasteiger partial charge in [-0.1, -0.05) is 24.3 Å². The molecule has 0 spiro atoms. The minimum atomic E-state index is -4.71. The molecule has 0 saturated heterocycles. The standard InChI is InChI=1S/C15H13F4NO/c16-12-5-1-10(2-6-12)9-14(20)11-3-7-13(8-4-11)21-15(17,18)19/h1-8,14H,9,20H2. The molecular weight excluding hydrogens is 286 g/mol. The average Bonchev–Trinajstić information content (AvgIpc) is 2.40. The molecule has 0 heterocycles. The Morgan fingerprint density at radius 2 is 1.52 bits per heavy atom. The zero-order chi connectivity index (χ0) is 15.5. The van der Waals surface area contributed by atoms with Gasteiger partial charge in [-0.05, 0) is 41.8 Å². The van der Waals surface area contributed by atoms with Gasteiger partial charge in [0, 0.05) is 6.04 Å². The minimum Gasteiger partial charge on any atom is -0.406 e. The molecule has 2 aromatic rings. The van der Waals surface area contributed by atoms with Crippen LogP contribution in [-0.4, -0.2) is 6.36 Å². The fourth-order valence-corrected chi connectivity index (χ4v) is 1.91. The van der Waals surface area contributed by atoms with Gasteiger partial charge in [-0.25, -0.2) is 4.39 Å². The monoisotopic (exact) mass is 299 g/mol. The molecule has 2 aromatic carbocycles. The molecule has 0 fully saturated rings.